The molecular formula is C11H13ClN2OS2. The minimum atomic E-state index is -0.243. The predicted octanol–water partition coefficient (Wildman–Crippen LogP) is 2.12. The van der Waals surface area contributed by atoms with E-state index in [1.807, 2.05) is 24.3 Å². The Balaban J connectivity index is 1.85. The summed E-state index contributed by atoms with van der Waals surface area (Å²) in [5, 5.41) is 6.65. The molecule has 2 N–H and O–H groups in total. The molecule has 17 heavy (non-hydrogen) atoms. The highest BCUT2D eigenvalue weighted by Crippen LogP contribution is 2.22. The monoisotopic (exact) mass is 288 g/mol. The lowest BCUT2D eigenvalue weighted by Gasteiger charge is -2.28. The second kappa shape index (κ2) is 6.00. The number of amides is 1. The van der Waals surface area contributed by atoms with Gasteiger partial charge in [0.05, 0.1) is 0 Å². The van der Waals surface area contributed by atoms with Gasteiger partial charge in [-0.1, -0.05) is 11.6 Å². The van der Waals surface area contributed by atoms with Crippen molar-refractivity contribution in [2.45, 2.75) is 22.9 Å². The maximum Gasteiger partial charge on any atom is 0.223 e. The van der Waals surface area contributed by atoms with Crippen LogP contribution in [0.2, 0.25) is 5.02 Å². The van der Waals surface area contributed by atoms with E-state index in [-0.39, 0.29) is 17.4 Å². The zero-order chi connectivity index (χ0) is 12.3. The van der Waals surface area contributed by atoms with Crippen LogP contribution in [0.15, 0.2) is 29.2 Å². The Labute approximate surface area is 115 Å². The van der Waals surface area contributed by atoms with Crippen LogP contribution in [0.1, 0.15) is 6.42 Å². The summed E-state index contributed by atoms with van der Waals surface area (Å²) < 4.78 is 0. The molecule has 1 aliphatic heterocycles. The van der Waals surface area contributed by atoms with Crippen molar-refractivity contribution in [1.29, 1.82) is 0 Å². The van der Waals surface area contributed by atoms with Crippen LogP contribution in [-0.4, -0.2) is 23.2 Å². The second-order valence-corrected chi connectivity index (χ2v) is 5.85. The van der Waals surface area contributed by atoms with Crippen LogP contribution in [0.25, 0.3) is 0 Å². The molecule has 1 fully saturated rings. The van der Waals surface area contributed by atoms with Gasteiger partial charge in [-0.2, -0.15) is 0 Å². The third-order valence-corrected chi connectivity index (χ3v) is 4.09. The van der Waals surface area contributed by atoms with Gasteiger partial charge in [0.2, 0.25) is 5.91 Å². The first kappa shape index (κ1) is 13.1. The topological polar surface area (TPSA) is 41.1 Å². The fourth-order valence-corrected chi connectivity index (χ4v) is 3.01. The summed E-state index contributed by atoms with van der Waals surface area (Å²) >= 11 is 11.7. The number of hydrogen-bond acceptors (Lipinski definition) is 4. The largest absolute Gasteiger partial charge is 0.332 e. The van der Waals surface area contributed by atoms with Gasteiger partial charge in [0.25, 0.3) is 0 Å². The van der Waals surface area contributed by atoms with E-state index in [4.69, 9.17) is 11.6 Å². The summed E-state index contributed by atoms with van der Waals surface area (Å²) in [7, 11) is 0. The summed E-state index contributed by atoms with van der Waals surface area (Å²) in [5.74, 6) is 0.886. The van der Waals surface area contributed by atoms with Crippen molar-refractivity contribution in [3.8, 4) is 0 Å². The Hall–Kier alpha value is -0.360. The quantitative estimate of drug-likeness (QED) is 0.589. The summed E-state index contributed by atoms with van der Waals surface area (Å²) in [6, 6.07) is 7.85. The zero-order valence-corrected chi connectivity index (χ0v) is 11.5. The second-order valence-electron chi connectivity index (χ2n) is 3.80. The molecule has 0 saturated carbocycles. The van der Waals surface area contributed by atoms with Gasteiger partial charge in [-0.05, 0) is 24.3 Å². The molecule has 1 aromatic carbocycles. The van der Waals surface area contributed by atoms with Crippen LogP contribution >= 0.6 is 36.0 Å². The molecule has 1 amide bonds. The fraction of sp³-hybridized carbons (Fsp3) is 0.364. The van der Waals surface area contributed by atoms with E-state index in [0.717, 1.165) is 15.7 Å². The van der Waals surface area contributed by atoms with Crippen LogP contribution in [0.4, 0.5) is 0 Å². The molecule has 0 bridgehead atoms. The number of rotatable bonds is 3. The first-order chi connectivity index (χ1) is 8.13. The van der Waals surface area contributed by atoms with Crippen molar-refractivity contribution >= 4 is 41.9 Å². The molecule has 0 radical (unpaired) electrons. The highest BCUT2D eigenvalue weighted by Gasteiger charge is 2.23. The van der Waals surface area contributed by atoms with E-state index in [0.29, 0.717) is 6.42 Å². The molecule has 2 unspecified atom stereocenters. The van der Waals surface area contributed by atoms with Gasteiger partial charge in [0.1, 0.15) is 5.50 Å². The standard InChI is InChI=1S/C11H13ClN2OS2/c12-7-1-3-9(4-2-7)17-6-8-5-10(15)14-11(16)13-8/h1-4,8,11,13,16H,5-6H2,(H,14,15). The lowest BCUT2D eigenvalue weighted by Crippen LogP contribution is -2.54. The summed E-state index contributed by atoms with van der Waals surface area (Å²) in [6.45, 7) is 0. The third kappa shape index (κ3) is 4.10. The molecule has 0 spiro atoms. The first-order valence-corrected chi connectivity index (χ1v) is 7.13. The predicted molar refractivity (Wildman–Crippen MR) is 74.6 cm³/mol. The van der Waals surface area contributed by atoms with Gasteiger partial charge < -0.3 is 5.32 Å². The van der Waals surface area contributed by atoms with Crippen molar-refractivity contribution in [3.63, 3.8) is 0 Å². The van der Waals surface area contributed by atoms with E-state index in [1.54, 1.807) is 11.8 Å². The molecule has 1 saturated heterocycles. The highest BCUT2D eigenvalue weighted by molar-refractivity contribution is 7.99. The molecule has 3 nitrogen and oxygen atoms in total. The van der Waals surface area contributed by atoms with Gasteiger partial charge in [0, 0.05) is 28.1 Å². The van der Waals surface area contributed by atoms with E-state index in [2.05, 4.69) is 23.3 Å². The summed E-state index contributed by atoms with van der Waals surface area (Å²) in [4.78, 5) is 12.5. The van der Waals surface area contributed by atoms with E-state index in [9.17, 15) is 4.79 Å². The minimum Gasteiger partial charge on any atom is -0.332 e. The zero-order valence-electron chi connectivity index (χ0n) is 9.02. The van der Waals surface area contributed by atoms with Crippen molar-refractivity contribution in [2.75, 3.05) is 5.75 Å². The molecule has 2 rings (SSSR count). The molecule has 1 aliphatic rings. The van der Waals surface area contributed by atoms with E-state index < -0.39 is 0 Å². The number of thioether (sulfide) groups is 1. The van der Waals surface area contributed by atoms with Gasteiger partial charge >= 0.3 is 0 Å². The number of nitrogens with one attached hydrogen (secondary N) is 2. The molecule has 92 valence electrons. The Morgan fingerprint density at radius 3 is 2.76 bits per heavy atom. The van der Waals surface area contributed by atoms with Crippen molar-refractivity contribution in [2.24, 2.45) is 0 Å². The van der Waals surface area contributed by atoms with Gasteiger partial charge in [-0.3, -0.25) is 10.1 Å². The average molecular weight is 289 g/mol. The van der Waals surface area contributed by atoms with Gasteiger partial charge in [-0.25, -0.2) is 0 Å². The van der Waals surface area contributed by atoms with E-state index in [1.165, 1.54) is 0 Å². The van der Waals surface area contributed by atoms with Gasteiger partial charge in [-0.15, -0.1) is 24.4 Å². The number of halogens is 1. The summed E-state index contributed by atoms with van der Waals surface area (Å²) in [6.07, 6.45) is 0.498. The van der Waals surface area contributed by atoms with E-state index >= 15 is 0 Å². The van der Waals surface area contributed by atoms with Crippen molar-refractivity contribution in [3.05, 3.63) is 29.3 Å². The molecule has 1 aromatic rings. The van der Waals surface area contributed by atoms with Crippen molar-refractivity contribution < 1.29 is 4.79 Å². The molecule has 1 heterocycles. The number of benzene rings is 1. The first-order valence-electron chi connectivity index (χ1n) is 5.25. The Morgan fingerprint density at radius 2 is 2.12 bits per heavy atom. The van der Waals surface area contributed by atoms with Crippen molar-refractivity contribution in [1.82, 2.24) is 10.6 Å². The lowest BCUT2D eigenvalue weighted by molar-refractivity contribution is -0.123. The molecule has 6 heteroatoms. The van der Waals surface area contributed by atoms with Crippen LogP contribution < -0.4 is 10.6 Å². The normalized spacial score (nSPS) is 24.5. The lowest BCUT2D eigenvalue weighted by atomic mass is 10.2. The van der Waals surface area contributed by atoms with Crippen LogP contribution in [0.3, 0.4) is 0 Å². The SMILES string of the molecule is O=C1CC(CSc2ccc(Cl)cc2)NC(S)N1. The van der Waals surface area contributed by atoms with Crippen LogP contribution in [0, 0.1) is 0 Å². The third-order valence-electron chi connectivity index (χ3n) is 2.39. The molecule has 2 atom stereocenters. The van der Waals surface area contributed by atoms with Crippen LogP contribution in [0.5, 0.6) is 0 Å². The Bertz CT molecular complexity index is 399. The fourth-order valence-electron chi connectivity index (χ4n) is 1.59. The maximum atomic E-state index is 11.3. The minimum absolute atomic E-state index is 0.0467. The van der Waals surface area contributed by atoms with Gasteiger partial charge in [0.15, 0.2) is 0 Å². The maximum absolute atomic E-state index is 11.3. The number of carbonyl (C=O) groups excluding carboxylic acids is 1. The Morgan fingerprint density at radius 1 is 1.41 bits per heavy atom. The smallest absolute Gasteiger partial charge is 0.223 e. The Kier molecular flexibility index (Phi) is 4.62. The summed E-state index contributed by atoms with van der Waals surface area (Å²) in [5.41, 5.74) is -0.243. The number of carbonyl (C=O) groups is 1. The van der Waals surface area contributed by atoms with Crippen LogP contribution in [-0.2, 0) is 4.79 Å². The molecule has 0 aliphatic carbocycles. The highest BCUT2D eigenvalue weighted by atomic mass is 35.5. The average Bonchev–Trinajstić information content (AvgIpc) is 2.27. The molecular weight excluding hydrogens is 276 g/mol. The molecule has 0 aromatic heterocycles. The number of thiol groups is 1. The number of hydrogen-bond donors (Lipinski definition) is 3.